The number of cyclic esters (lactones) is 1. The monoisotopic (exact) mass is 483 g/mol. The van der Waals surface area contributed by atoms with Crippen LogP contribution in [0.25, 0.3) is 22.1 Å². The number of aryl methyl sites for hydroxylation is 2. The average molecular weight is 484 g/mol. The average Bonchev–Trinajstić information content (AvgIpc) is 3.11. The van der Waals surface area contributed by atoms with E-state index < -0.39 is 23.2 Å². The van der Waals surface area contributed by atoms with E-state index in [2.05, 4.69) is 12.2 Å². The van der Waals surface area contributed by atoms with Crippen molar-refractivity contribution in [1.82, 2.24) is 5.32 Å². The number of carbonyl (C=O) groups excluding carboxylic acids is 2. The molecule has 2 heterocycles. The fraction of sp³-hybridized carbons (Fsp3) is 0.207. The molecule has 1 N–H and O–H groups in total. The van der Waals surface area contributed by atoms with Gasteiger partial charge in [-0.25, -0.2) is 9.59 Å². The van der Waals surface area contributed by atoms with E-state index in [1.807, 2.05) is 43.3 Å². The topological polar surface area (TPSA) is 94.8 Å². The molecule has 0 saturated carbocycles. The van der Waals surface area contributed by atoms with Gasteiger partial charge in [0, 0.05) is 17.0 Å². The number of amides is 2. The van der Waals surface area contributed by atoms with Gasteiger partial charge < -0.3 is 13.9 Å². The van der Waals surface area contributed by atoms with Gasteiger partial charge in [0.05, 0.1) is 0 Å². The molecular weight excluding hydrogens is 458 g/mol. The maximum absolute atomic E-state index is 12.3. The Morgan fingerprint density at radius 2 is 1.81 bits per heavy atom. The van der Waals surface area contributed by atoms with E-state index in [0.717, 1.165) is 40.5 Å². The van der Waals surface area contributed by atoms with Gasteiger partial charge in [-0.3, -0.25) is 10.1 Å². The smallest absolute Gasteiger partial charge is 0.415 e. The number of benzene rings is 3. The van der Waals surface area contributed by atoms with Crippen molar-refractivity contribution in [3.63, 3.8) is 0 Å². The van der Waals surface area contributed by atoms with Crippen LogP contribution >= 0.6 is 0 Å². The number of ether oxygens (including phenoxy) is 2. The first-order valence-electron chi connectivity index (χ1n) is 11.8. The number of rotatable bonds is 6. The molecule has 0 unspecified atom stereocenters. The zero-order valence-electron chi connectivity index (χ0n) is 20.2. The van der Waals surface area contributed by atoms with Gasteiger partial charge in [0.1, 0.15) is 17.1 Å². The Morgan fingerprint density at radius 1 is 0.972 bits per heavy atom. The van der Waals surface area contributed by atoms with Crippen LogP contribution in [0.4, 0.5) is 4.79 Å². The summed E-state index contributed by atoms with van der Waals surface area (Å²) in [4.78, 5) is 36.2. The number of hydrogen-bond donors (Lipinski definition) is 1. The van der Waals surface area contributed by atoms with E-state index in [-0.39, 0.29) is 0 Å². The lowest BCUT2D eigenvalue weighted by Crippen LogP contribution is -2.33. The highest BCUT2D eigenvalue weighted by Crippen LogP contribution is 2.36. The maximum Gasteiger partial charge on any atom is 0.415 e. The molecule has 1 atom stereocenters. The Labute approximate surface area is 207 Å². The van der Waals surface area contributed by atoms with Crippen LogP contribution in [0, 0.1) is 6.92 Å². The van der Waals surface area contributed by atoms with Crippen LogP contribution in [-0.4, -0.2) is 12.0 Å². The molecule has 182 valence electrons. The van der Waals surface area contributed by atoms with Crippen LogP contribution in [0.5, 0.6) is 11.5 Å². The highest BCUT2D eigenvalue weighted by molar-refractivity contribution is 6.03. The quantitative estimate of drug-likeness (QED) is 0.338. The largest absolute Gasteiger partial charge is 0.457 e. The molecule has 1 aliphatic heterocycles. The van der Waals surface area contributed by atoms with E-state index >= 15 is 0 Å². The van der Waals surface area contributed by atoms with Crippen LogP contribution in [0.2, 0.25) is 0 Å². The lowest BCUT2D eigenvalue weighted by molar-refractivity contribution is -0.130. The summed E-state index contributed by atoms with van der Waals surface area (Å²) < 4.78 is 16.9. The van der Waals surface area contributed by atoms with Gasteiger partial charge in [0.2, 0.25) is 5.60 Å². The standard InChI is InChI=1S/C29H25NO6/c1-4-6-19-14-18(23-16-26(31)35-25-13-17(2)9-11-22(23)25)10-12-24(19)34-21-8-5-7-20(15-21)29(3)27(32)30-28(33)36-29/h5,7-16H,4,6H2,1-3H3,(H,30,32,33)/t29-/m1/s1. The minimum absolute atomic E-state index is 0.401. The number of carbonyl (C=O) groups is 2. The molecule has 1 aromatic heterocycles. The minimum Gasteiger partial charge on any atom is -0.457 e. The van der Waals surface area contributed by atoms with Crippen molar-refractivity contribution in [1.29, 1.82) is 0 Å². The Bertz CT molecular complexity index is 1570. The summed E-state index contributed by atoms with van der Waals surface area (Å²) in [6, 6.07) is 20.1. The third-order valence-electron chi connectivity index (χ3n) is 6.35. The fourth-order valence-corrected chi connectivity index (χ4v) is 4.46. The second-order valence-corrected chi connectivity index (χ2v) is 9.06. The summed E-state index contributed by atoms with van der Waals surface area (Å²) in [5.74, 6) is 0.658. The van der Waals surface area contributed by atoms with Crippen molar-refractivity contribution in [2.45, 2.75) is 39.2 Å². The van der Waals surface area contributed by atoms with Crippen molar-refractivity contribution in [3.8, 4) is 22.6 Å². The van der Waals surface area contributed by atoms with Crippen molar-refractivity contribution >= 4 is 23.0 Å². The summed E-state index contributed by atoms with van der Waals surface area (Å²) >= 11 is 0. The predicted octanol–water partition coefficient (Wildman–Crippen LogP) is 5.99. The lowest BCUT2D eigenvalue weighted by Gasteiger charge is -2.20. The highest BCUT2D eigenvalue weighted by atomic mass is 16.6. The van der Waals surface area contributed by atoms with Crippen LogP contribution in [0.15, 0.2) is 75.9 Å². The summed E-state index contributed by atoms with van der Waals surface area (Å²) in [6.07, 6.45) is 0.886. The predicted molar refractivity (Wildman–Crippen MR) is 135 cm³/mol. The molecule has 0 bridgehead atoms. The molecule has 0 aliphatic carbocycles. The first kappa shape index (κ1) is 23.4. The molecule has 7 heteroatoms. The molecule has 2 amide bonds. The Balaban J connectivity index is 1.52. The van der Waals surface area contributed by atoms with Gasteiger partial charge >= 0.3 is 11.7 Å². The van der Waals surface area contributed by atoms with Crippen LogP contribution in [0.1, 0.15) is 37.0 Å². The van der Waals surface area contributed by atoms with Crippen LogP contribution in [0.3, 0.4) is 0 Å². The molecule has 36 heavy (non-hydrogen) atoms. The lowest BCUT2D eigenvalue weighted by atomic mass is 9.95. The Hall–Kier alpha value is -4.39. The molecule has 0 spiro atoms. The fourth-order valence-electron chi connectivity index (χ4n) is 4.46. The Morgan fingerprint density at radius 3 is 2.56 bits per heavy atom. The molecule has 7 nitrogen and oxygen atoms in total. The van der Waals surface area contributed by atoms with Gasteiger partial charge in [-0.15, -0.1) is 0 Å². The number of fused-ring (bicyclic) bond motifs is 1. The molecule has 1 saturated heterocycles. The van der Waals surface area contributed by atoms with Crippen molar-refractivity contribution in [2.75, 3.05) is 0 Å². The summed E-state index contributed by atoms with van der Waals surface area (Å²) in [7, 11) is 0. The van der Waals surface area contributed by atoms with E-state index in [0.29, 0.717) is 22.6 Å². The molecule has 4 aromatic rings. The molecule has 1 aliphatic rings. The second kappa shape index (κ2) is 9.00. The second-order valence-electron chi connectivity index (χ2n) is 9.06. The first-order valence-corrected chi connectivity index (χ1v) is 11.8. The molecule has 5 rings (SSSR count). The molecular formula is C29H25NO6. The van der Waals surface area contributed by atoms with Crippen molar-refractivity contribution in [2.24, 2.45) is 0 Å². The van der Waals surface area contributed by atoms with Crippen LogP contribution in [-0.2, 0) is 21.6 Å². The molecule has 1 fully saturated rings. The molecule has 0 radical (unpaired) electrons. The Kier molecular flexibility index (Phi) is 5.84. The van der Waals surface area contributed by atoms with Crippen molar-refractivity contribution < 1.29 is 23.5 Å². The third-order valence-corrected chi connectivity index (χ3v) is 6.35. The maximum atomic E-state index is 12.3. The van der Waals surface area contributed by atoms with E-state index in [1.54, 1.807) is 31.2 Å². The SMILES string of the molecule is CCCc1cc(-c2cc(=O)oc3cc(C)ccc23)ccc1Oc1cccc([C@@]2(C)OC(=O)NC2=O)c1. The minimum atomic E-state index is -1.42. The summed E-state index contributed by atoms with van der Waals surface area (Å²) in [6.45, 7) is 5.59. The van der Waals surface area contributed by atoms with Crippen LogP contribution < -0.4 is 15.7 Å². The van der Waals surface area contributed by atoms with Gasteiger partial charge in [0.25, 0.3) is 5.91 Å². The summed E-state index contributed by atoms with van der Waals surface area (Å²) in [5.41, 5.74) is 2.93. The number of nitrogens with one attached hydrogen (secondary N) is 1. The van der Waals surface area contributed by atoms with E-state index in [9.17, 15) is 14.4 Å². The summed E-state index contributed by atoms with van der Waals surface area (Å²) in [5, 5.41) is 3.04. The van der Waals surface area contributed by atoms with Gasteiger partial charge in [0.15, 0.2) is 0 Å². The van der Waals surface area contributed by atoms with E-state index in [1.165, 1.54) is 6.07 Å². The van der Waals surface area contributed by atoms with Gasteiger partial charge in [-0.2, -0.15) is 0 Å². The third kappa shape index (κ3) is 4.24. The zero-order valence-corrected chi connectivity index (χ0v) is 20.2. The number of alkyl carbamates (subject to hydrolysis) is 1. The van der Waals surface area contributed by atoms with E-state index in [4.69, 9.17) is 13.9 Å². The van der Waals surface area contributed by atoms with Gasteiger partial charge in [-0.1, -0.05) is 43.7 Å². The number of hydrogen-bond acceptors (Lipinski definition) is 6. The highest BCUT2D eigenvalue weighted by Gasteiger charge is 2.46. The van der Waals surface area contributed by atoms with Gasteiger partial charge in [-0.05, 0) is 72.9 Å². The first-order chi connectivity index (χ1) is 17.3. The number of imide groups is 1. The molecule has 3 aromatic carbocycles. The normalized spacial score (nSPS) is 17.2. The van der Waals surface area contributed by atoms with Crippen molar-refractivity contribution in [3.05, 3.63) is 93.8 Å². The zero-order chi connectivity index (χ0) is 25.4.